The normalized spacial score (nSPS) is 10.2. The van der Waals surface area contributed by atoms with Crippen LogP contribution in [0.3, 0.4) is 0 Å². The molecule has 15 heavy (non-hydrogen) atoms. The number of hydrogen-bond acceptors (Lipinski definition) is 4. The van der Waals surface area contributed by atoms with Gasteiger partial charge in [0.05, 0.1) is 5.56 Å². The minimum Gasteiger partial charge on any atom is -0.504 e. The Morgan fingerprint density at radius 3 is 3.00 bits per heavy atom. The first-order valence-electron chi connectivity index (χ1n) is 4.11. The van der Waals surface area contributed by atoms with E-state index in [0.717, 1.165) is 12.3 Å². The summed E-state index contributed by atoms with van der Waals surface area (Å²) in [6, 6.07) is 3.97. The van der Waals surface area contributed by atoms with Crippen molar-refractivity contribution in [2.45, 2.75) is 0 Å². The maximum atomic E-state index is 13.0. The van der Waals surface area contributed by atoms with Crippen molar-refractivity contribution in [1.29, 1.82) is 0 Å². The lowest BCUT2D eigenvalue weighted by atomic mass is 10.1. The molecule has 0 radical (unpaired) electrons. The predicted molar refractivity (Wildman–Crippen MR) is 48.9 cm³/mol. The van der Waals surface area contributed by atoms with Gasteiger partial charge < -0.3 is 9.63 Å². The highest BCUT2D eigenvalue weighted by molar-refractivity contribution is 5.86. The molecule has 0 spiro atoms. The van der Waals surface area contributed by atoms with Gasteiger partial charge in [0, 0.05) is 5.56 Å². The number of benzene rings is 1. The Hall–Kier alpha value is -2.17. The lowest BCUT2D eigenvalue weighted by Gasteiger charge is -2.01. The molecule has 1 aromatic heterocycles. The molecule has 2 aromatic rings. The standard InChI is InChI=1S/C10H6FNO3/c11-8-3-1-2-7(10(8)14)9-6(4-13)5-15-12-9/h1-5,14H. The summed E-state index contributed by atoms with van der Waals surface area (Å²) in [6.45, 7) is 0. The molecule has 0 fully saturated rings. The van der Waals surface area contributed by atoms with E-state index in [1.165, 1.54) is 12.1 Å². The molecular formula is C10H6FNO3. The lowest BCUT2D eigenvalue weighted by Crippen LogP contribution is -1.87. The van der Waals surface area contributed by atoms with Crippen molar-refractivity contribution in [1.82, 2.24) is 5.16 Å². The third-order valence-electron chi connectivity index (χ3n) is 1.97. The molecule has 0 aliphatic rings. The molecule has 2 rings (SSSR count). The molecule has 0 atom stereocenters. The third-order valence-corrected chi connectivity index (χ3v) is 1.97. The van der Waals surface area contributed by atoms with Crippen molar-refractivity contribution in [2.75, 3.05) is 0 Å². The van der Waals surface area contributed by atoms with Gasteiger partial charge in [0.25, 0.3) is 0 Å². The number of phenols is 1. The summed E-state index contributed by atoms with van der Waals surface area (Å²) in [5, 5.41) is 12.9. The van der Waals surface area contributed by atoms with Crippen molar-refractivity contribution in [3.63, 3.8) is 0 Å². The quantitative estimate of drug-likeness (QED) is 0.765. The highest BCUT2D eigenvalue weighted by atomic mass is 19.1. The number of phenolic OH excluding ortho intramolecular Hbond substituents is 1. The summed E-state index contributed by atoms with van der Waals surface area (Å²) in [6.07, 6.45) is 1.66. The summed E-state index contributed by atoms with van der Waals surface area (Å²) < 4.78 is 17.6. The van der Waals surface area contributed by atoms with Crippen LogP contribution in [0.5, 0.6) is 5.75 Å². The van der Waals surface area contributed by atoms with E-state index in [9.17, 15) is 14.3 Å². The van der Waals surface area contributed by atoms with Crippen LogP contribution in [0, 0.1) is 5.82 Å². The molecule has 0 bridgehead atoms. The van der Waals surface area contributed by atoms with Crippen LogP contribution in [0.4, 0.5) is 4.39 Å². The van der Waals surface area contributed by atoms with Crippen LogP contribution in [0.15, 0.2) is 29.0 Å². The van der Waals surface area contributed by atoms with E-state index in [4.69, 9.17) is 0 Å². The number of carbonyl (C=O) groups is 1. The largest absolute Gasteiger partial charge is 0.504 e. The van der Waals surface area contributed by atoms with Gasteiger partial charge in [0.2, 0.25) is 0 Å². The smallest absolute Gasteiger partial charge is 0.165 e. The van der Waals surface area contributed by atoms with Crippen LogP contribution in [0.1, 0.15) is 10.4 Å². The molecule has 4 nitrogen and oxygen atoms in total. The highest BCUT2D eigenvalue weighted by Crippen LogP contribution is 2.31. The summed E-state index contributed by atoms with van der Waals surface area (Å²) in [5.41, 5.74) is 0.420. The van der Waals surface area contributed by atoms with Gasteiger partial charge in [0.1, 0.15) is 12.0 Å². The van der Waals surface area contributed by atoms with E-state index in [2.05, 4.69) is 9.68 Å². The fourth-order valence-corrected chi connectivity index (χ4v) is 1.24. The second-order valence-electron chi connectivity index (χ2n) is 2.87. The predicted octanol–water partition coefficient (Wildman–Crippen LogP) is 2.00. The number of rotatable bonds is 2. The monoisotopic (exact) mass is 207 g/mol. The molecule has 0 aliphatic carbocycles. The fraction of sp³-hybridized carbons (Fsp3) is 0. The van der Waals surface area contributed by atoms with E-state index < -0.39 is 11.6 Å². The topological polar surface area (TPSA) is 63.3 Å². The van der Waals surface area contributed by atoms with Crippen molar-refractivity contribution in [3.05, 3.63) is 35.8 Å². The Morgan fingerprint density at radius 1 is 1.47 bits per heavy atom. The molecule has 1 heterocycles. The Labute approximate surface area is 83.9 Å². The van der Waals surface area contributed by atoms with E-state index >= 15 is 0 Å². The first kappa shape index (κ1) is 9.39. The molecule has 76 valence electrons. The average Bonchev–Trinajstić information content (AvgIpc) is 2.70. The Bertz CT molecular complexity index is 507. The van der Waals surface area contributed by atoms with Gasteiger partial charge in [-0.05, 0) is 12.1 Å². The summed E-state index contributed by atoms with van der Waals surface area (Å²) in [4.78, 5) is 10.6. The van der Waals surface area contributed by atoms with Crippen LogP contribution in [-0.2, 0) is 0 Å². The Balaban J connectivity index is 2.64. The summed E-state index contributed by atoms with van der Waals surface area (Å²) in [5.74, 6) is -1.32. The van der Waals surface area contributed by atoms with Crippen molar-refractivity contribution >= 4 is 6.29 Å². The minimum absolute atomic E-state index is 0.127. The molecule has 1 aromatic carbocycles. The minimum atomic E-state index is -0.771. The molecular weight excluding hydrogens is 201 g/mol. The molecule has 0 amide bonds. The first-order valence-corrected chi connectivity index (χ1v) is 4.11. The van der Waals surface area contributed by atoms with Crippen LogP contribution < -0.4 is 0 Å². The maximum absolute atomic E-state index is 13.0. The van der Waals surface area contributed by atoms with E-state index in [1.807, 2.05) is 0 Å². The van der Waals surface area contributed by atoms with E-state index in [1.54, 1.807) is 0 Å². The number of halogens is 1. The van der Waals surface area contributed by atoms with E-state index in [0.29, 0.717) is 6.29 Å². The zero-order valence-corrected chi connectivity index (χ0v) is 7.48. The number of nitrogens with zero attached hydrogens (tertiary/aromatic N) is 1. The van der Waals surface area contributed by atoms with Crippen molar-refractivity contribution in [2.24, 2.45) is 0 Å². The second-order valence-corrected chi connectivity index (χ2v) is 2.87. The number of aromatic nitrogens is 1. The Kier molecular flexibility index (Phi) is 2.21. The summed E-state index contributed by atoms with van der Waals surface area (Å²) in [7, 11) is 0. The van der Waals surface area contributed by atoms with Gasteiger partial charge in [0.15, 0.2) is 17.9 Å². The van der Waals surface area contributed by atoms with Gasteiger partial charge in [-0.3, -0.25) is 4.79 Å². The first-order chi connectivity index (χ1) is 7.24. The van der Waals surface area contributed by atoms with Crippen molar-refractivity contribution < 1.29 is 18.8 Å². The van der Waals surface area contributed by atoms with Gasteiger partial charge in [-0.15, -0.1) is 0 Å². The lowest BCUT2D eigenvalue weighted by molar-refractivity contribution is 0.112. The van der Waals surface area contributed by atoms with Gasteiger partial charge >= 0.3 is 0 Å². The summed E-state index contributed by atoms with van der Waals surface area (Å²) >= 11 is 0. The third kappa shape index (κ3) is 1.48. The van der Waals surface area contributed by atoms with Gasteiger partial charge in [-0.25, -0.2) is 4.39 Å². The van der Waals surface area contributed by atoms with E-state index in [-0.39, 0.29) is 16.8 Å². The SMILES string of the molecule is O=Cc1conc1-c1cccc(F)c1O. The Morgan fingerprint density at radius 2 is 2.27 bits per heavy atom. The molecule has 0 saturated heterocycles. The number of para-hydroxylation sites is 1. The zero-order valence-electron chi connectivity index (χ0n) is 7.48. The highest BCUT2D eigenvalue weighted by Gasteiger charge is 2.15. The van der Waals surface area contributed by atoms with Crippen molar-refractivity contribution in [3.8, 4) is 17.0 Å². The zero-order chi connectivity index (χ0) is 10.8. The fourth-order valence-electron chi connectivity index (χ4n) is 1.24. The van der Waals surface area contributed by atoms with Crippen LogP contribution >= 0.6 is 0 Å². The van der Waals surface area contributed by atoms with Gasteiger partial charge in [-0.2, -0.15) is 0 Å². The number of carbonyl (C=O) groups excluding carboxylic acids is 1. The van der Waals surface area contributed by atoms with Crippen LogP contribution in [-0.4, -0.2) is 16.5 Å². The number of aldehydes is 1. The molecule has 0 saturated carbocycles. The molecule has 5 heteroatoms. The number of hydrogen-bond donors (Lipinski definition) is 1. The molecule has 1 N–H and O–H groups in total. The van der Waals surface area contributed by atoms with Crippen LogP contribution in [0.2, 0.25) is 0 Å². The second kappa shape index (κ2) is 3.53. The molecule has 0 unspecified atom stereocenters. The average molecular weight is 207 g/mol. The van der Waals surface area contributed by atoms with Crippen LogP contribution in [0.25, 0.3) is 11.3 Å². The number of aromatic hydroxyl groups is 1. The van der Waals surface area contributed by atoms with Gasteiger partial charge in [-0.1, -0.05) is 11.2 Å². The maximum Gasteiger partial charge on any atom is 0.165 e. The molecule has 0 aliphatic heterocycles.